The second kappa shape index (κ2) is 4.87. The number of hydrogen-bond donors (Lipinski definition) is 0. The van der Waals surface area contributed by atoms with E-state index in [9.17, 15) is 18.0 Å². The van der Waals surface area contributed by atoms with Crippen LogP contribution in [0.4, 0.5) is 13.2 Å². The smallest absolute Gasteiger partial charge is 0.300 e. The maximum atomic E-state index is 12.6. The van der Waals surface area contributed by atoms with Crippen LogP contribution in [0.5, 0.6) is 0 Å². The zero-order valence-electron chi connectivity index (χ0n) is 8.57. The number of Topliss-reactive ketones (excluding diaryl/α,β-unsaturated/α-hetero) is 1. The molecule has 0 amide bonds. The predicted molar refractivity (Wildman–Crippen MR) is 55.4 cm³/mol. The van der Waals surface area contributed by atoms with Crippen LogP contribution in [0.3, 0.4) is 0 Å². The number of carbonyl (C=O) groups excluding carboxylic acids is 1. The van der Waals surface area contributed by atoms with Crippen LogP contribution in [0.1, 0.15) is 23.6 Å². The Labute approximate surface area is 96.2 Å². The maximum Gasteiger partial charge on any atom is 0.416 e. The number of rotatable bonds is 3. The number of hydrogen-bond acceptors (Lipinski definition) is 1. The molecule has 0 aliphatic heterocycles. The van der Waals surface area contributed by atoms with Crippen molar-refractivity contribution in [3.63, 3.8) is 0 Å². The minimum atomic E-state index is -4.43. The molecule has 0 saturated carbocycles. The van der Waals surface area contributed by atoms with Crippen LogP contribution in [0.15, 0.2) is 18.2 Å². The summed E-state index contributed by atoms with van der Waals surface area (Å²) in [7, 11) is 0. The van der Waals surface area contributed by atoms with Gasteiger partial charge in [-0.15, -0.1) is 11.6 Å². The van der Waals surface area contributed by atoms with Crippen molar-refractivity contribution in [1.29, 1.82) is 0 Å². The molecule has 0 bridgehead atoms. The molecule has 0 aliphatic rings. The fourth-order valence-electron chi connectivity index (χ4n) is 1.40. The van der Waals surface area contributed by atoms with Crippen molar-refractivity contribution >= 4 is 17.4 Å². The Kier molecular flexibility index (Phi) is 3.97. The van der Waals surface area contributed by atoms with Gasteiger partial charge in [-0.1, -0.05) is 12.1 Å². The van der Waals surface area contributed by atoms with Crippen molar-refractivity contribution in [2.75, 3.05) is 0 Å². The van der Waals surface area contributed by atoms with Crippen LogP contribution in [0, 0.1) is 0 Å². The van der Waals surface area contributed by atoms with Crippen molar-refractivity contribution in [2.24, 2.45) is 0 Å². The first-order chi connectivity index (χ1) is 7.34. The van der Waals surface area contributed by atoms with Gasteiger partial charge in [0.25, 0.3) is 0 Å². The van der Waals surface area contributed by atoms with Gasteiger partial charge in [-0.25, -0.2) is 0 Å². The highest BCUT2D eigenvalue weighted by molar-refractivity contribution is 6.17. The monoisotopic (exact) mass is 250 g/mol. The molecule has 0 fully saturated rings. The van der Waals surface area contributed by atoms with Crippen LogP contribution >= 0.6 is 11.6 Å². The number of carbonyl (C=O) groups is 1. The Balaban J connectivity index is 3.16. The summed E-state index contributed by atoms with van der Waals surface area (Å²) in [5.41, 5.74) is -0.378. The average molecular weight is 251 g/mol. The van der Waals surface area contributed by atoms with E-state index in [2.05, 4.69) is 0 Å². The summed E-state index contributed by atoms with van der Waals surface area (Å²) in [6.07, 6.45) is -4.43. The Hall–Kier alpha value is -1.03. The SMILES string of the molecule is CC(=O)Cc1ccc(CCl)c(C(F)(F)F)c1. The Morgan fingerprint density at radius 2 is 2.00 bits per heavy atom. The molecule has 1 aromatic carbocycles. The molecule has 0 spiro atoms. The molecular weight excluding hydrogens is 241 g/mol. The number of benzene rings is 1. The van der Waals surface area contributed by atoms with Gasteiger partial charge in [0.2, 0.25) is 0 Å². The molecule has 88 valence electrons. The first-order valence-electron chi connectivity index (χ1n) is 4.59. The first-order valence-corrected chi connectivity index (χ1v) is 5.12. The molecule has 1 rings (SSSR count). The molecule has 0 heterocycles. The van der Waals surface area contributed by atoms with Crippen molar-refractivity contribution in [1.82, 2.24) is 0 Å². The van der Waals surface area contributed by atoms with Crippen molar-refractivity contribution in [2.45, 2.75) is 25.4 Å². The predicted octanol–water partition coefficient (Wildman–Crippen LogP) is 3.58. The third-order valence-corrected chi connectivity index (χ3v) is 2.36. The van der Waals surface area contributed by atoms with E-state index in [0.29, 0.717) is 5.56 Å². The lowest BCUT2D eigenvalue weighted by Crippen LogP contribution is -2.10. The average Bonchev–Trinajstić information content (AvgIpc) is 2.15. The molecule has 0 radical (unpaired) electrons. The van der Waals surface area contributed by atoms with Crippen LogP contribution in [0.25, 0.3) is 0 Å². The molecule has 1 aromatic rings. The molecule has 5 heteroatoms. The van der Waals surface area contributed by atoms with E-state index in [-0.39, 0.29) is 23.6 Å². The minimum absolute atomic E-state index is 0.00560. The molecule has 0 N–H and O–H groups in total. The normalized spacial score (nSPS) is 11.6. The fourth-order valence-corrected chi connectivity index (χ4v) is 1.63. The lowest BCUT2D eigenvalue weighted by molar-refractivity contribution is -0.138. The largest absolute Gasteiger partial charge is 0.416 e. The van der Waals surface area contributed by atoms with Crippen LogP contribution in [-0.2, 0) is 23.3 Å². The summed E-state index contributed by atoms with van der Waals surface area (Å²) in [6.45, 7) is 1.34. The number of ketones is 1. The number of alkyl halides is 4. The molecule has 0 aliphatic carbocycles. The fraction of sp³-hybridized carbons (Fsp3) is 0.364. The van der Waals surface area contributed by atoms with Crippen molar-refractivity contribution in [3.8, 4) is 0 Å². The van der Waals surface area contributed by atoms with Gasteiger partial charge in [-0.2, -0.15) is 13.2 Å². The molecule has 0 aromatic heterocycles. The zero-order chi connectivity index (χ0) is 12.3. The summed E-state index contributed by atoms with van der Waals surface area (Å²) >= 11 is 5.43. The molecule has 0 saturated heterocycles. The first kappa shape index (κ1) is 13.0. The zero-order valence-corrected chi connectivity index (χ0v) is 9.32. The molecule has 0 unspecified atom stereocenters. The lowest BCUT2D eigenvalue weighted by atomic mass is 10.0. The summed E-state index contributed by atoms with van der Waals surface area (Å²) in [4.78, 5) is 10.8. The second-order valence-corrected chi connectivity index (χ2v) is 3.77. The van der Waals surface area contributed by atoms with Gasteiger partial charge in [-0.05, 0) is 24.1 Å². The summed E-state index contributed by atoms with van der Waals surface area (Å²) in [5, 5.41) is 0. The molecule has 16 heavy (non-hydrogen) atoms. The van der Waals surface area contributed by atoms with Gasteiger partial charge in [-0.3, -0.25) is 4.79 Å². The lowest BCUT2D eigenvalue weighted by Gasteiger charge is -2.12. The van der Waals surface area contributed by atoms with E-state index >= 15 is 0 Å². The highest BCUT2D eigenvalue weighted by Gasteiger charge is 2.33. The van der Waals surface area contributed by atoms with E-state index in [4.69, 9.17) is 11.6 Å². The topological polar surface area (TPSA) is 17.1 Å². The quantitative estimate of drug-likeness (QED) is 0.750. The Bertz CT molecular complexity index is 399. The Morgan fingerprint density at radius 1 is 1.38 bits per heavy atom. The van der Waals surface area contributed by atoms with Gasteiger partial charge >= 0.3 is 6.18 Å². The van der Waals surface area contributed by atoms with E-state index < -0.39 is 11.7 Å². The molecular formula is C11H10ClF3O. The van der Waals surface area contributed by atoms with Crippen LogP contribution in [0.2, 0.25) is 0 Å². The van der Waals surface area contributed by atoms with E-state index in [1.807, 2.05) is 0 Å². The summed E-state index contributed by atoms with van der Waals surface area (Å²) < 4.78 is 37.8. The van der Waals surface area contributed by atoms with Crippen molar-refractivity contribution < 1.29 is 18.0 Å². The third-order valence-electron chi connectivity index (χ3n) is 2.08. The third kappa shape index (κ3) is 3.23. The van der Waals surface area contributed by atoms with Gasteiger partial charge in [0.1, 0.15) is 5.78 Å². The van der Waals surface area contributed by atoms with Gasteiger partial charge in [0.15, 0.2) is 0 Å². The Morgan fingerprint density at radius 3 is 2.44 bits per heavy atom. The highest BCUT2D eigenvalue weighted by Crippen LogP contribution is 2.33. The van der Waals surface area contributed by atoms with E-state index in [0.717, 1.165) is 6.07 Å². The van der Waals surface area contributed by atoms with E-state index in [1.54, 1.807) is 0 Å². The molecule has 1 nitrogen and oxygen atoms in total. The maximum absolute atomic E-state index is 12.6. The van der Waals surface area contributed by atoms with Crippen LogP contribution < -0.4 is 0 Å². The summed E-state index contributed by atoms with van der Waals surface area (Å²) in [6, 6.07) is 3.79. The van der Waals surface area contributed by atoms with E-state index in [1.165, 1.54) is 19.1 Å². The van der Waals surface area contributed by atoms with Crippen molar-refractivity contribution in [3.05, 3.63) is 34.9 Å². The summed E-state index contributed by atoms with van der Waals surface area (Å²) in [5.74, 6) is -0.374. The van der Waals surface area contributed by atoms with Gasteiger partial charge < -0.3 is 0 Å². The van der Waals surface area contributed by atoms with Gasteiger partial charge in [0.05, 0.1) is 5.56 Å². The minimum Gasteiger partial charge on any atom is -0.300 e. The van der Waals surface area contributed by atoms with Gasteiger partial charge in [0, 0.05) is 12.3 Å². The molecule has 0 atom stereocenters. The number of halogens is 4. The second-order valence-electron chi connectivity index (χ2n) is 3.50. The van der Waals surface area contributed by atoms with Crippen LogP contribution in [-0.4, -0.2) is 5.78 Å². The highest BCUT2D eigenvalue weighted by atomic mass is 35.5. The standard InChI is InChI=1S/C11H10ClF3O/c1-7(16)4-8-2-3-9(6-12)10(5-8)11(13,14)15/h2-3,5H,4,6H2,1H3.